The van der Waals surface area contributed by atoms with Crippen LogP contribution in [0.3, 0.4) is 0 Å². The lowest BCUT2D eigenvalue weighted by Crippen LogP contribution is -2.24. The molecule has 0 aliphatic carbocycles. The van der Waals surface area contributed by atoms with E-state index in [1.165, 1.54) is 7.11 Å². The fraction of sp³-hybridized carbons (Fsp3) is 0.182. The summed E-state index contributed by atoms with van der Waals surface area (Å²) in [6.45, 7) is 5.74. The zero-order chi connectivity index (χ0) is 18.8. The maximum Gasteiger partial charge on any atom is 0.340 e. The third-order valence-corrected chi connectivity index (χ3v) is 4.43. The Balaban J connectivity index is 2.13. The van der Waals surface area contributed by atoms with Crippen LogP contribution in [0, 0.1) is 13.8 Å². The highest BCUT2D eigenvalue weighted by Crippen LogP contribution is 2.35. The van der Waals surface area contributed by atoms with Crippen molar-refractivity contribution in [3.05, 3.63) is 82.1 Å². The van der Waals surface area contributed by atoms with Crippen molar-refractivity contribution in [2.24, 2.45) is 0 Å². The number of anilines is 1. The van der Waals surface area contributed by atoms with Crippen LogP contribution in [-0.2, 0) is 14.3 Å². The van der Waals surface area contributed by atoms with Crippen molar-refractivity contribution in [1.82, 2.24) is 0 Å². The van der Waals surface area contributed by atoms with Gasteiger partial charge in [-0.2, -0.15) is 0 Å². The van der Waals surface area contributed by atoms with Gasteiger partial charge in [-0.15, -0.1) is 0 Å². The lowest BCUT2D eigenvalue weighted by atomic mass is 10.0. The van der Waals surface area contributed by atoms with E-state index in [1.807, 2.05) is 62.4 Å². The first-order valence-corrected chi connectivity index (χ1v) is 8.41. The number of hydrogen-bond donors (Lipinski definition) is 0. The number of carbonyl (C=O) groups excluding carboxylic acids is 2. The highest BCUT2D eigenvalue weighted by Gasteiger charge is 2.37. The molecule has 0 bridgehead atoms. The normalized spacial score (nSPS) is 15.8. The van der Waals surface area contributed by atoms with Gasteiger partial charge in [-0.05, 0) is 44.5 Å². The fourth-order valence-electron chi connectivity index (χ4n) is 3.11. The first kappa shape index (κ1) is 17.7. The molecule has 2 aromatic carbocycles. The van der Waals surface area contributed by atoms with Gasteiger partial charge in [-0.25, -0.2) is 4.79 Å². The Morgan fingerprint density at radius 2 is 1.69 bits per heavy atom. The van der Waals surface area contributed by atoms with Crippen LogP contribution in [0.5, 0.6) is 0 Å². The Morgan fingerprint density at radius 3 is 2.31 bits per heavy atom. The van der Waals surface area contributed by atoms with Crippen LogP contribution >= 0.6 is 0 Å². The van der Waals surface area contributed by atoms with Gasteiger partial charge in [-0.3, -0.25) is 9.69 Å². The molecule has 1 heterocycles. The van der Waals surface area contributed by atoms with Crippen molar-refractivity contribution < 1.29 is 14.3 Å². The van der Waals surface area contributed by atoms with Crippen LogP contribution in [0.1, 0.15) is 23.6 Å². The number of aryl methyl sites for hydroxylation is 2. The quantitative estimate of drug-likeness (QED) is 0.618. The van der Waals surface area contributed by atoms with Crippen molar-refractivity contribution in [3.8, 4) is 0 Å². The molecule has 0 saturated heterocycles. The Morgan fingerprint density at radius 1 is 1.00 bits per heavy atom. The van der Waals surface area contributed by atoms with Gasteiger partial charge in [0.05, 0.1) is 18.3 Å². The van der Waals surface area contributed by atoms with Crippen molar-refractivity contribution >= 4 is 23.6 Å². The maximum absolute atomic E-state index is 13.1. The smallest absolute Gasteiger partial charge is 0.340 e. The third-order valence-electron chi connectivity index (χ3n) is 4.43. The number of amides is 1. The van der Waals surface area contributed by atoms with E-state index in [-0.39, 0.29) is 5.91 Å². The number of methoxy groups -OCH3 is 1. The number of carbonyl (C=O) groups is 2. The summed E-state index contributed by atoms with van der Waals surface area (Å²) < 4.78 is 4.93. The third kappa shape index (κ3) is 3.18. The second-order valence-electron chi connectivity index (χ2n) is 6.40. The van der Waals surface area contributed by atoms with Gasteiger partial charge >= 0.3 is 5.97 Å². The molecule has 26 heavy (non-hydrogen) atoms. The number of esters is 1. The average Bonchev–Trinajstić information content (AvgIpc) is 2.86. The molecule has 4 nitrogen and oxygen atoms in total. The number of benzene rings is 2. The first-order chi connectivity index (χ1) is 12.4. The van der Waals surface area contributed by atoms with E-state index < -0.39 is 5.97 Å². The Bertz CT molecular complexity index is 936. The van der Waals surface area contributed by atoms with Crippen LogP contribution < -0.4 is 4.90 Å². The second kappa shape index (κ2) is 7.00. The van der Waals surface area contributed by atoms with Gasteiger partial charge < -0.3 is 4.74 Å². The molecule has 4 heteroatoms. The number of rotatable bonds is 3. The largest absolute Gasteiger partial charge is 0.465 e. The zero-order valence-electron chi connectivity index (χ0n) is 15.4. The molecule has 0 aromatic heterocycles. The summed E-state index contributed by atoms with van der Waals surface area (Å²) >= 11 is 0. The van der Waals surface area contributed by atoms with Crippen molar-refractivity contribution in [2.45, 2.75) is 20.8 Å². The van der Waals surface area contributed by atoms with Crippen LogP contribution in [0.25, 0.3) is 6.08 Å². The molecular weight excluding hydrogens is 326 g/mol. The van der Waals surface area contributed by atoms with Crippen LogP contribution in [0.15, 0.2) is 65.4 Å². The lowest BCUT2D eigenvalue weighted by molar-refractivity contribution is -0.136. The predicted octanol–water partition coefficient (Wildman–Crippen LogP) is 4.18. The Kier molecular flexibility index (Phi) is 4.76. The zero-order valence-corrected chi connectivity index (χ0v) is 15.4. The van der Waals surface area contributed by atoms with Crippen LogP contribution in [-0.4, -0.2) is 19.0 Å². The average molecular weight is 347 g/mol. The van der Waals surface area contributed by atoms with E-state index in [4.69, 9.17) is 4.74 Å². The summed E-state index contributed by atoms with van der Waals surface area (Å²) in [4.78, 5) is 27.1. The summed E-state index contributed by atoms with van der Waals surface area (Å²) in [7, 11) is 1.33. The van der Waals surface area contributed by atoms with Gasteiger partial charge in [0.2, 0.25) is 0 Å². The maximum atomic E-state index is 13.1. The molecule has 3 rings (SSSR count). The minimum atomic E-state index is -0.510. The van der Waals surface area contributed by atoms with E-state index in [2.05, 4.69) is 0 Å². The lowest BCUT2D eigenvalue weighted by Gasteiger charge is -2.18. The van der Waals surface area contributed by atoms with Gasteiger partial charge in [0, 0.05) is 11.4 Å². The van der Waals surface area contributed by atoms with E-state index >= 15 is 0 Å². The van der Waals surface area contributed by atoms with Crippen molar-refractivity contribution in [3.63, 3.8) is 0 Å². The highest BCUT2D eigenvalue weighted by atomic mass is 16.5. The van der Waals surface area contributed by atoms with Crippen LogP contribution in [0.2, 0.25) is 0 Å². The molecule has 0 unspecified atom stereocenters. The molecule has 1 amide bonds. The minimum Gasteiger partial charge on any atom is -0.465 e. The molecular formula is C22H21NO3. The topological polar surface area (TPSA) is 46.6 Å². The number of ether oxygens (including phenoxy) is 1. The summed E-state index contributed by atoms with van der Waals surface area (Å²) in [6, 6.07) is 15.4. The van der Waals surface area contributed by atoms with E-state index in [1.54, 1.807) is 17.9 Å². The number of nitrogens with zero attached hydrogens (tertiary/aromatic N) is 1. The van der Waals surface area contributed by atoms with Crippen molar-refractivity contribution in [2.75, 3.05) is 12.0 Å². The molecule has 0 N–H and O–H groups in total. The second-order valence-corrected chi connectivity index (χ2v) is 6.40. The molecule has 132 valence electrons. The predicted molar refractivity (Wildman–Crippen MR) is 103 cm³/mol. The monoisotopic (exact) mass is 347 g/mol. The van der Waals surface area contributed by atoms with E-state index in [0.29, 0.717) is 16.8 Å². The van der Waals surface area contributed by atoms with Crippen LogP contribution in [0.4, 0.5) is 5.69 Å². The number of hydrogen-bond acceptors (Lipinski definition) is 3. The van der Waals surface area contributed by atoms with Crippen molar-refractivity contribution in [1.29, 1.82) is 0 Å². The Labute approximate surface area is 153 Å². The molecule has 0 fully saturated rings. The fourth-order valence-corrected chi connectivity index (χ4v) is 3.11. The van der Waals surface area contributed by atoms with Gasteiger partial charge in [0.25, 0.3) is 5.91 Å². The highest BCUT2D eigenvalue weighted by molar-refractivity contribution is 6.23. The molecule has 1 aliphatic rings. The molecule has 0 atom stereocenters. The van der Waals surface area contributed by atoms with E-state index in [9.17, 15) is 9.59 Å². The molecule has 2 aromatic rings. The van der Waals surface area contributed by atoms with Gasteiger partial charge in [0.15, 0.2) is 0 Å². The summed E-state index contributed by atoms with van der Waals surface area (Å²) in [5.74, 6) is -0.738. The molecule has 0 spiro atoms. The molecule has 0 saturated carbocycles. The minimum absolute atomic E-state index is 0.228. The summed E-state index contributed by atoms with van der Waals surface area (Å²) in [5, 5.41) is 0. The van der Waals surface area contributed by atoms with E-state index in [0.717, 1.165) is 22.4 Å². The first-order valence-electron chi connectivity index (χ1n) is 8.41. The number of allylic oxidation sites excluding steroid dienone is 1. The summed E-state index contributed by atoms with van der Waals surface area (Å²) in [6.07, 6.45) is 1.75. The Hall–Kier alpha value is -3.14. The molecule has 1 aliphatic heterocycles. The standard InChI is InChI=1S/C22H21NO3/c1-14-8-10-18(11-9-14)23-16(3)20(22(25)26-4)19(21(23)24)13-17-7-5-6-15(2)12-17/h5-13H,1-4H3/b19-13-. The summed E-state index contributed by atoms with van der Waals surface area (Å²) in [5.41, 5.74) is 5.01. The van der Waals surface area contributed by atoms with Gasteiger partial charge in [0.1, 0.15) is 0 Å². The molecule has 0 radical (unpaired) electrons. The SMILES string of the molecule is COC(=O)C1=C(C)N(c2ccc(C)cc2)C(=O)/C1=C\c1cccc(C)c1. The van der Waals surface area contributed by atoms with Gasteiger partial charge in [-0.1, -0.05) is 47.5 Å².